The molecule has 0 aliphatic rings. The molecule has 2 unspecified atom stereocenters. The summed E-state index contributed by atoms with van der Waals surface area (Å²) in [6.07, 6.45) is -0.476. The molecule has 1 rings (SSSR count). The van der Waals surface area contributed by atoms with Crippen molar-refractivity contribution in [3.05, 3.63) is 35.9 Å². The van der Waals surface area contributed by atoms with Crippen LogP contribution in [0.5, 0.6) is 0 Å². The quantitative estimate of drug-likeness (QED) is 0.785. The van der Waals surface area contributed by atoms with Gasteiger partial charge in [0.1, 0.15) is 0 Å². The maximum absolute atomic E-state index is 12.2. The van der Waals surface area contributed by atoms with Crippen LogP contribution in [0.4, 0.5) is 0 Å². The lowest BCUT2D eigenvalue weighted by Crippen LogP contribution is -2.41. The van der Waals surface area contributed by atoms with Crippen LogP contribution in [0, 0.1) is 5.92 Å². The molecular weight excluding hydrogens is 258 g/mol. The van der Waals surface area contributed by atoms with Gasteiger partial charge >= 0.3 is 5.97 Å². The van der Waals surface area contributed by atoms with Crippen molar-refractivity contribution in [2.24, 2.45) is 5.92 Å². The van der Waals surface area contributed by atoms with E-state index in [2.05, 4.69) is 0 Å². The zero-order chi connectivity index (χ0) is 15.1. The fourth-order valence-electron chi connectivity index (χ4n) is 1.89. The van der Waals surface area contributed by atoms with Gasteiger partial charge in [-0.05, 0) is 12.5 Å². The first-order valence-electron chi connectivity index (χ1n) is 6.62. The highest BCUT2D eigenvalue weighted by Crippen LogP contribution is 2.07. The molecule has 0 fully saturated rings. The maximum atomic E-state index is 12.2. The van der Waals surface area contributed by atoms with E-state index in [0.29, 0.717) is 0 Å². The summed E-state index contributed by atoms with van der Waals surface area (Å²) in [4.78, 5) is 24.5. The lowest BCUT2D eigenvalue weighted by atomic mass is 10.1. The Labute approximate surface area is 118 Å². The van der Waals surface area contributed by atoms with Crippen LogP contribution in [-0.4, -0.2) is 46.2 Å². The number of nitrogens with zero attached hydrogens (tertiary/aromatic N) is 1. The average molecular weight is 279 g/mol. The number of carboxylic acids is 1. The third-order valence-corrected chi connectivity index (χ3v) is 2.95. The minimum absolute atomic E-state index is 0.103. The Morgan fingerprint density at radius 3 is 2.25 bits per heavy atom. The number of rotatable bonds is 7. The summed E-state index contributed by atoms with van der Waals surface area (Å²) in [7, 11) is 0. The van der Waals surface area contributed by atoms with Gasteiger partial charge in [0.05, 0.1) is 18.4 Å². The summed E-state index contributed by atoms with van der Waals surface area (Å²) in [5.41, 5.74) is 0.871. The number of carbonyl (C=O) groups is 2. The Morgan fingerprint density at radius 2 is 1.75 bits per heavy atom. The molecule has 0 aliphatic carbocycles. The van der Waals surface area contributed by atoms with E-state index in [1.54, 1.807) is 13.8 Å². The summed E-state index contributed by atoms with van der Waals surface area (Å²) in [6.45, 7) is 3.37. The highest BCUT2D eigenvalue weighted by atomic mass is 16.4. The second-order valence-corrected chi connectivity index (χ2v) is 5.05. The summed E-state index contributed by atoms with van der Waals surface area (Å²) in [5, 5.41) is 18.4. The van der Waals surface area contributed by atoms with Crippen molar-refractivity contribution in [1.29, 1.82) is 0 Å². The Balaban J connectivity index is 2.71. The largest absolute Gasteiger partial charge is 0.481 e. The van der Waals surface area contributed by atoms with Crippen LogP contribution in [0.2, 0.25) is 0 Å². The first-order valence-corrected chi connectivity index (χ1v) is 6.62. The van der Waals surface area contributed by atoms with E-state index in [0.717, 1.165) is 5.56 Å². The topological polar surface area (TPSA) is 77.8 Å². The molecule has 0 saturated heterocycles. The van der Waals surface area contributed by atoms with Crippen LogP contribution in [0.15, 0.2) is 30.3 Å². The molecule has 1 aromatic rings. The van der Waals surface area contributed by atoms with Gasteiger partial charge in [-0.3, -0.25) is 9.59 Å². The van der Waals surface area contributed by atoms with Crippen molar-refractivity contribution in [3.8, 4) is 0 Å². The lowest BCUT2D eigenvalue weighted by Gasteiger charge is -2.26. The number of carbonyl (C=O) groups excluding carboxylic acids is 1. The highest BCUT2D eigenvalue weighted by molar-refractivity contribution is 5.79. The molecule has 0 spiro atoms. The molecule has 5 heteroatoms. The molecule has 1 aromatic carbocycles. The average Bonchev–Trinajstić information content (AvgIpc) is 2.38. The maximum Gasteiger partial charge on any atom is 0.308 e. The van der Waals surface area contributed by atoms with Crippen LogP contribution in [0.1, 0.15) is 19.4 Å². The number of aliphatic hydroxyl groups is 1. The summed E-state index contributed by atoms with van der Waals surface area (Å²) in [6, 6.07) is 9.26. The van der Waals surface area contributed by atoms with Crippen molar-refractivity contribution in [2.45, 2.75) is 26.4 Å². The fraction of sp³-hybridized carbons (Fsp3) is 0.467. The molecule has 20 heavy (non-hydrogen) atoms. The van der Waals surface area contributed by atoms with Gasteiger partial charge < -0.3 is 15.1 Å². The summed E-state index contributed by atoms with van der Waals surface area (Å²) in [5.74, 6) is -1.79. The summed E-state index contributed by atoms with van der Waals surface area (Å²) >= 11 is 0. The number of hydrogen-bond donors (Lipinski definition) is 2. The molecule has 110 valence electrons. The minimum Gasteiger partial charge on any atom is -0.481 e. The highest BCUT2D eigenvalue weighted by Gasteiger charge is 2.21. The van der Waals surface area contributed by atoms with Crippen LogP contribution >= 0.6 is 0 Å². The fourth-order valence-corrected chi connectivity index (χ4v) is 1.89. The SMILES string of the molecule is CC(O)CN(CC(C)C(=O)O)C(=O)Cc1ccccc1. The van der Waals surface area contributed by atoms with Gasteiger partial charge in [0.15, 0.2) is 0 Å². The number of amides is 1. The lowest BCUT2D eigenvalue weighted by molar-refractivity contribution is -0.143. The first-order chi connectivity index (χ1) is 9.40. The number of aliphatic hydroxyl groups excluding tert-OH is 1. The van der Waals surface area contributed by atoms with E-state index in [-0.39, 0.29) is 25.4 Å². The van der Waals surface area contributed by atoms with Crippen molar-refractivity contribution < 1.29 is 19.8 Å². The van der Waals surface area contributed by atoms with Crippen molar-refractivity contribution in [2.75, 3.05) is 13.1 Å². The van der Waals surface area contributed by atoms with Gasteiger partial charge in [-0.25, -0.2) is 0 Å². The Bertz CT molecular complexity index is 444. The standard InChI is InChI=1S/C15H21NO4/c1-11(15(19)20)9-16(10-12(2)17)14(18)8-13-6-4-3-5-7-13/h3-7,11-12,17H,8-10H2,1-2H3,(H,19,20). The van der Waals surface area contributed by atoms with Gasteiger partial charge in [0.25, 0.3) is 0 Å². The van der Waals surface area contributed by atoms with E-state index >= 15 is 0 Å². The van der Waals surface area contributed by atoms with Crippen molar-refractivity contribution in [3.63, 3.8) is 0 Å². The smallest absolute Gasteiger partial charge is 0.308 e. The normalized spacial score (nSPS) is 13.6. The van der Waals surface area contributed by atoms with E-state index in [1.165, 1.54) is 4.90 Å². The zero-order valence-electron chi connectivity index (χ0n) is 11.8. The van der Waals surface area contributed by atoms with Gasteiger partial charge in [-0.15, -0.1) is 0 Å². The molecule has 0 heterocycles. The Hall–Kier alpha value is -1.88. The molecule has 2 N–H and O–H groups in total. The van der Waals surface area contributed by atoms with Gasteiger partial charge in [0.2, 0.25) is 5.91 Å². The molecule has 5 nitrogen and oxygen atoms in total. The Kier molecular flexibility index (Phi) is 6.18. The molecule has 0 aliphatic heterocycles. The number of hydrogen-bond acceptors (Lipinski definition) is 3. The number of carboxylic acid groups (broad SMARTS) is 1. The predicted molar refractivity (Wildman–Crippen MR) is 75.2 cm³/mol. The van der Waals surface area contributed by atoms with E-state index in [4.69, 9.17) is 5.11 Å². The summed E-state index contributed by atoms with van der Waals surface area (Å²) < 4.78 is 0. The van der Waals surface area contributed by atoms with Gasteiger partial charge in [0, 0.05) is 13.1 Å². The molecule has 1 amide bonds. The Morgan fingerprint density at radius 1 is 1.15 bits per heavy atom. The third-order valence-electron chi connectivity index (χ3n) is 2.95. The second-order valence-electron chi connectivity index (χ2n) is 5.05. The minimum atomic E-state index is -0.951. The number of benzene rings is 1. The molecule has 0 bridgehead atoms. The van der Waals surface area contributed by atoms with Crippen LogP contribution in [0.3, 0.4) is 0 Å². The predicted octanol–water partition coefficient (Wildman–Crippen LogP) is 1.16. The van der Waals surface area contributed by atoms with Gasteiger partial charge in [-0.2, -0.15) is 0 Å². The molecule has 0 saturated carbocycles. The van der Waals surface area contributed by atoms with Crippen LogP contribution in [-0.2, 0) is 16.0 Å². The first kappa shape index (κ1) is 16.2. The third kappa shape index (κ3) is 5.40. The molecule has 0 radical (unpaired) electrons. The molecular formula is C15H21NO4. The van der Waals surface area contributed by atoms with Crippen molar-refractivity contribution in [1.82, 2.24) is 4.90 Å². The van der Waals surface area contributed by atoms with Gasteiger partial charge in [-0.1, -0.05) is 37.3 Å². The second kappa shape index (κ2) is 7.65. The molecule has 0 aromatic heterocycles. The van der Waals surface area contributed by atoms with E-state index in [9.17, 15) is 14.7 Å². The van der Waals surface area contributed by atoms with Crippen molar-refractivity contribution >= 4 is 11.9 Å². The zero-order valence-corrected chi connectivity index (χ0v) is 11.8. The van der Waals surface area contributed by atoms with Crippen LogP contribution < -0.4 is 0 Å². The van der Waals surface area contributed by atoms with Crippen LogP contribution in [0.25, 0.3) is 0 Å². The number of aliphatic carboxylic acids is 1. The van der Waals surface area contributed by atoms with E-state index in [1.807, 2.05) is 30.3 Å². The monoisotopic (exact) mass is 279 g/mol. The van der Waals surface area contributed by atoms with E-state index < -0.39 is 18.0 Å². The molecule has 2 atom stereocenters.